The molecule has 156 valence electrons. The van der Waals surface area contributed by atoms with Crippen LogP contribution < -0.4 is 0 Å². The van der Waals surface area contributed by atoms with Crippen LogP contribution in [0.3, 0.4) is 0 Å². The Morgan fingerprint density at radius 3 is 2.10 bits per heavy atom. The highest BCUT2D eigenvalue weighted by atomic mass is 19.3. The number of hydrogen-bond donors (Lipinski definition) is 0. The number of halogens is 2. The quantitative estimate of drug-likeness (QED) is 0.377. The molecule has 0 saturated heterocycles. The van der Waals surface area contributed by atoms with E-state index in [2.05, 4.69) is 11.3 Å². The fourth-order valence-electron chi connectivity index (χ4n) is 2.80. The third kappa shape index (κ3) is 6.76. The third-order valence-corrected chi connectivity index (χ3v) is 4.32. The summed E-state index contributed by atoms with van der Waals surface area (Å²) in [6, 6.07) is 18.5. The van der Waals surface area contributed by atoms with E-state index in [4.69, 9.17) is 9.47 Å². The maximum atomic E-state index is 14.7. The van der Waals surface area contributed by atoms with Gasteiger partial charge in [-0.15, -0.1) is 6.58 Å². The van der Waals surface area contributed by atoms with Gasteiger partial charge in [0.05, 0.1) is 38.4 Å². The number of benzene rings is 2. The predicted octanol–water partition coefficient (Wildman–Crippen LogP) is 4.79. The van der Waals surface area contributed by atoms with E-state index in [-0.39, 0.29) is 26.4 Å². The molecular weight excluding hydrogens is 378 g/mol. The Labute approximate surface area is 170 Å². The number of alkyl halides is 2. The molecule has 0 saturated carbocycles. The van der Waals surface area contributed by atoms with Gasteiger partial charge in [0, 0.05) is 0 Å². The van der Waals surface area contributed by atoms with E-state index < -0.39 is 23.9 Å². The van der Waals surface area contributed by atoms with E-state index in [0.717, 1.165) is 17.2 Å². The molecule has 0 radical (unpaired) electrons. The van der Waals surface area contributed by atoms with Gasteiger partial charge in [0.1, 0.15) is 0 Å². The standard InChI is InChI=1S/C23H26F2O4/c1-3-20(23(24,25)22(26)28-4-2)21(29-16-19-13-9-6-10-14-19)17-27-15-18-11-7-5-8-12-18/h3,5-14,20-21H,1,4,15-17H2,2H3/t20-,21-/m1/s1. The molecule has 0 unspecified atom stereocenters. The molecule has 0 N–H and O–H groups in total. The first-order chi connectivity index (χ1) is 14.0. The molecule has 0 aliphatic heterocycles. The molecule has 0 aliphatic rings. The van der Waals surface area contributed by atoms with Crippen molar-refractivity contribution in [2.45, 2.75) is 32.2 Å². The smallest absolute Gasteiger partial charge is 0.377 e. The molecule has 0 bridgehead atoms. The fraction of sp³-hybridized carbons (Fsp3) is 0.348. The van der Waals surface area contributed by atoms with E-state index in [0.29, 0.717) is 0 Å². The summed E-state index contributed by atoms with van der Waals surface area (Å²) in [5.74, 6) is -6.97. The molecule has 2 aromatic carbocycles. The molecule has 0 spiro atoms. The first-order valence-electron chi connectivity index (χ1n) is 9.43. The monoisotopic (exact) mass is 404 g/mol. The van der Waals surface area contributed by atoms with Crippen molar-refractivity contribution < 1.29 is 27.8 Å². The highest BCUT2D eigenvalue weighted by Gasteiger charge is 2.51. The van der Waals surface area contributed by atoms with Crippen LogP contribution in [0.2, 0.25) is 0 Å². The van der Waals surface area contributed by atoms with Gasteiger partial charge in [0.25, 0.3) is 0 Å². The van der Waals surface area contributed by atoms with Crippen LogP contribution >= 0.6 is 0 Å². The summed E-state index contributed by atoms with van der Waals surface area (Å²) in [6.07, 6.45) is -0.0610. The molecule has 2 rings (SSSR count). The molecule has 0 amide bonds. The lowest BCUT2D eigenvalue weighted by Crippen LogP contribution is -2.46. The van der Waals surface area contributed by atoms with Gasteiger partial charge in [-0.3, -0.25) is 0 Å². The van der Waals surface area contributed by atoms with E-state index in [1.807, 2.05) is 60.7 Å². The lowest BCUT2D eigenvalue weighted by molar-refractivity contribution is -0.188. The topological polar surface area (TPSA) is 44.8 Å². The Morgan fingerprint density at radius 2 is 1.59 bits per heavy atom. The minimum absolute atomic E-state index is 0.101. The Bertz CT molecular complexity index is 750. The maximum Gasteiger partial charge on any atom is 0.377 e. The Morgan fingerprint density at radius 1 is 1.03 bits per heavy atom. The molecule has 6 heteroatoms. The molecule has 2 aromatic rings. The minimum atomic E-state index is -3.78. The minimum Gasteiger partial charge on any atom is -0.462 e. The van der Waals surface area contributed by atoms with Crippen LogP contribution in [0.5, 0.6) is 0 Å². The lowest BCUT2D eigenvalue weighted by atomic mass is 9.95. The summed E-state index contributed by atoms with van der Waals surface area (Å²) < 4.78 is 45.4. The first kappa shape index (κ1) is 22.7. The van der Waals surface area contributed by atoms with Gasteiger partial charge < -0.3 is 14.2 Å². The third-order valence-electron chi connectivity index (χ3n) is 4.32. The molecule has 29 heavy (non-hydrogen) atoms. The van der Waals surface area contributed by atoms with Gasteiger partial charge in [0.15, 0.2) is 0 Å². The fourth-order valence-corrected chi connectivity index (χ4v) is 2.80. The van der Waals surface area contributed by atoms with E-state index in [1.54, 1.807) is 0 Å². The zero-order valence-corrected chi connectivity index (χ0v) is 16.4. The van der Waals surface area contributed by atoms with Crippen molar-refractivity contribution in [1.29, 1.82) is 0 Å². The summed E-state index contributed by atoms with van der Waals surface area (Å²) in [5, 5.41) is 0. The molecule has 0 aliphatic carbocycles. The van der Waals surface area contributed by atoms with E-state index >= 15 is 0 Å². The van der Waals surface area contributed by atoms with Crippen molar-refractivity contribution in [3.63, 3.8) is 0 Å². The van der Waals surface area contributed by atoms with Crippen LogP contribution in [0.25, 0.3) is 0 Å². The van der Waals surface area contributed by atoms with Crippen LogP contribution in [0, 0.1) is 5.92 Å². The van der Waals surface area contributed by atoms with Gasteiger partial charge in [-0.05, 0) is 18.1 Å². The first-order valence-corrected chi connectivity index (χ1v) is 9.43. The van der Waals surface area contributed by atoms with Crippen LogP contribution in [0.15, 0.2) is 73.3 Å². The van der Waals surface area contributed by atoms with E-state index in [1.165, 1.54) is 6.92 Å². The van der Waals surface area contributed by atoms with Gasteiger partial charge in [-0.25, -0.2) is 4.79 Å². The van der Waals surface area contributed by atoms with Gasteiger partial charge >= 0.3 is 11.9 Å². The van der Waals surface area contributed by atoms with Gasteiger partial charge in [0.2, 0.25) is 0 Å². The molecule has 0 fully saturated rings. The van der Waals surface area contributed by atoms with Crippen LogP contribution in [0.1, 0.15) is 18.1 Å². The zero-order valence-electron chi connectivity index (χ0n) is 16.4. The molecule has 4 nitrogen and oxygen atoms in total. The highest BCUT2D eigenvalue weighted by Crippen LogP contribution is 2.32. The number of carbonyl (C=O) groups is 1. The largest absolute Gasteiger partial charge is 0.462 e. The number of ether oxygens (including phenoxy) is 3. The summed E-state index contributed by atoms with van der Waals surface area (Å²) in [4.78, 5) is 11.8. The predicted molar refractivity (Wildman–Crippen MR) is 106 cm³/mol. The second kappa shape index (κ2) is 11.4. The summed E-state index contributed by atoms with van der Waals surface area (Å²) in [7, 11) is 0. The Hall–Kier alpha value is -2.57. The number of esters is 1. The van der Waals surface area contributed by atoms with Crippen molar-refractivity contribution >= 4 is 5.97 Å². The second-order valence-corrected chi connectivity index (χ2v) is 6.44. The van der Waals surface area contributed by atoms with Crippen molar-refractivity contribution in [2.75, 3.05) is 13.2 Å². The average Bonchev–Trinajstić information content (AvgIpc) is 2.73. The number of rotatable bonds is 12. The van der Waals surface area contributed by atoms with Crippen molar-refractivity contribution in [1.82, 2.24) is 0 Å². The molecule has 2 atom stereocenters. The van der Waals surface area contributed by atoms with Crippen molar-refractivity contribution in [2.24, 2.45) is 5.92 Å². The molecule has 0 heterocycles. The number of carbonyl (C=O) groups excluding carboxylic acids is 1. The highest BCUT2D eigenvalue weighted by molar-refractivity contribution is 5.78. The van der Waals surface area contributed by atoms with Gasteiger partial charge in [-0.1, -0.05) is 66.7 Å². The molecule has 0 aromatic heterocycles. The Kier molecular flexibility index (Phi) is 8.96. The van der Waals surface area contributed by atoms with Crippen LogP contribution in [-0.4, -0.2) is 31.2 Å². The normalized spacial score (nSPS) is 13.5. The molecular formula is C23H26F2O4. The lowest BCUT2D eigenvalue weighted by Gasteiger charge is -2.30. The summed E-state index contributed by atoms with van der Waals surface area (Å²) in [6.45, 7) is 5.03. The van der Waals surface area contributed by atoms with Crippen molar-refractivity contribution in [3.05, 3.63) is 84.4 Å². The maximum absolute atomic E-state index is 14.7. The van der Waals surface area contributed by atoms with Gasteiger partial charge in [-0.2, -0.15) is 8.78 Å². The second-order valence-electron chi connectivity index (χ2n) is 6.44. The average molecular weight is 404 g/mol. The Balaban J connectivity index is 2.11. The summed E-state index contributed by atoms with van der Waals surface area (Å²) >= 11 is 0. The number of hydrogen-bond acceptors (Lipinski definition) is 4. The van der Waals surface area contributed by atoms with Crippen LogP contribution in [0.4, 0.5) is 8.78 Å². The zero-order chi connectivity index (χ0) is 21.1. The van der Waals surface area contributed by atoms with Crippen molar-refractivity contribution in [3.8, 4) is 0 Å². The van der Waals surface area contributed by atoms with Crippen LogP contribution in [-0.2, 0) is 32.2 Å². The SMILES string of the molecule is C=C[C@H]([C@@H](COCc1ccccc1)OCc1ccccc1)C(F)(F)C(=O)OCC. The van der Waals surface area contributed by atoms with E-state index in [9.17, 15) is 13.6 Å². The summed E-state index contributed by atoms with van der Waals surface area (Å²) in [5.41, 5.74) is 1.73.